The molecule has 0 fully saturated rings. The predicted molar refractivity (Wildman–Crippen MR) is 158 cm³/mol. The third-order valence-electron chi connectivity index (χ3n) is 7.47. The molecule has 1 heterocycles. The van der Waals surface area contributed by atoms with Gasteiger partial charge in [-0.3, -0.25) is 13.8 Å². The van der Waals surface area contributed by atoms with Crippen LogP contribution in [0.15, 0.2) is 48.8 Å². The van der Waals surface area contributed by atoms with Crippen molar-refractivity contribution >= 4 is 57.5 Å². The Morgan fingerprint density at radius 1 is 1.05 bits per heavy atom. The van der Waals surface area contributed by atoms with Crippen molar-refractivity contribution in [3.8, 4) is 0 Å². The number of rotatable bonds is 11. The minimum atomic E-state index is -4.22. The Morgan fingerprint density at radius 3 is 2.37 bits per heavy atom. The van der Waals surface area contributed by atoms with Crippen molar-refractivity contribution in [2.75, 3.05) is 17.4 Å². The molecule has 41 heavy (non-hydrogen) atoms. The van der Waals surface area contributed by atoms with Crippen LogP contribution in [0.2, 0.25) is 0 Å². The molecule has 10 nitrogen and oxygen atoms in total. The van der Waals surface area contributed by atoms with Gasteiger partial charge in [0.25, 0.3) is 0 Å². The quantitative estimate of drug-likeness (QED) is 0.262. The number of alkyl carbamates (subject to hydrolysis) is 1. The van der Waals surface area contributed by atoms with Crippen LogP contribution in [-0.2, 0) is 65.5 Å². The van der Waals surface area contributed by atoms with Gasteiger partial charge in [0.05, 0.1) is 18.3 Å². The zero-order valence-electron chi connectivity index (χ0n) is 22.7. The number of nitrogens with one attached hydrogen (secondary N) is 2. The topological polar surface area (TPSA) is 123 Å². The van der Waals surface area contributed by atoms with Crippen molar-refractivity contribution in [2.45, 2.75) is 58.0 Å². The number of ether oxygens (including phenoxy) is 1. The number of carbonyl (C=O) groups excluding carboxylic acids is 2. The van der Waals surface area contributed by atoms with E-state index in [4.69, 9.17) is 4.74 Å². The Kier molecular flexibility index (Phi) is 10.5. The molecule has 1 aromatic heterocycles. The molecule has 3 aromatic rings. The molecule has 2 aliphatic rings. The molecule has 0 radical (unpaired) electrons. The van der Waals surface area contributed by atoms with E-state index in [2.05, 4.69) is 21.2 Å². The monoisotopic (exact) mass is 589 g/mol. The number of aryl methyl sites for hydroxylation is 3. The molecular formula is C29H36N5NaO5S. The Bertz CT molecular complexity index is 1460. The first kappa shape index (κ1) is 31.1. The molecular weight excluding hydrogens is 553 g/mol. The van der Waals surface area contributed by atoms with Crippen molar-refractivity contribution in [1.82, 2.24) is 19.8 Å². The van der Waals surface area contributed by atoms with Crippen molar-refractivity contribution in [3.63, 3.8) is 0 Å². The van der Waals surface area contributed by atoms with Crippen LogP contribution in [0, 0.1) is 0 Å². The summed E-state index contributed by atoms with van der Waals surface area (Å²) in [5, 5.41) is 6.74. The molecule has 0 aliphatic heterocycles. The maximum absolute atomic E-state index is 13.4. The van der Waals surface area contributed by atoms with Crippen LogP contribution in [0.1, 0.15) is 52.6 Å². The third-order valence-corrected chi connectivity index (χ3v) is 8.93. The second-order valence-corrected chi connectivity index (χ2v) is 11.9. The molecule has 2 aromatic carbocycles. The zero-order valence-corrected chi connectivity index (χ0v) is 23.5. The maximum atomic E-state index is 13.4. The van der Waals surface area contributed by atoms with Gasteiger partial charge in [-0.2, -0.15) is 13.5 Å². The van der Waals surface area contributed by atoms with Crippen LogP contribution in [0.25, 0.3) is 0 Å². The molecule has 0 spiro atoms. The summed E-state index contributed by atoms with van der Waals surface area (Å²) in [6.45, 7) is 0.363. The van der Waals surface area contributed by atoms with Gasteiger partial charge in [0.15, 0.2) is 0 Å². The summed E-state index contributed by atoms with van der Waals surface area (Å²) in [6.07, 6.45) is 8.77. The van der Waals surface area contributed by atoms with Crippen molar-refractivity contribution < 1.29 is 22.7 Å². The van der Waals surface area contributed by atoms with E-state index >= 15 is 0 Å². The van der Waals surface area contributed by atoms with Crippen LogP contribution >= 0.6 is 0 Å². The number of amides is 2. The number of fused-ring (bicyclic) bond motifs is 2. The van der Waals surface area contributed by atoms with Crippen LogP contribution in [0.5, 0.6) is 0 Å². The summed E-state index contributed by atoms with van der Waals surface area (Å²) in [5.41, 5.74) is 7.27. The second kappa shape index (κ2) is 13.9. The minimum absolute atomic E-state index is 0. The fraction of sp³-hybridized carbons (Fsp3) is 0.414. The summed E-state index contributed by atoms with van der Waals surface area (Å²) in [5.74, 6) is -0.550. The molecule has 214 valence electrons. The van der Waals surface area contributed by atoms with Crippen LogP contribution in [-0.4, -0.2) is 72.8 Å². The Balaban J connectivity index is 0.00000387. The van der Waals surface area contributed by atoms with Gasteiger partial charge >= 0.3 is 45.9 Å². The van der Waals surface area contributed by atoms with E-state index < -0.39 is 22.2 Å². The molecule has 0 bridgehead atoms. The van der Waals surface area contributed by atoms with Gasteiger partial charge in [-0.25, -0.2) is 9.52 Å². The average molecular weight is 590 g/mol. The molecule has 0 unspecified atom stereocenters. The first-order valence-electron chi connectivity index (χ1n) is 13.7. The van der Waals surface area contributed by atoms with E-state index in [1.54, 1.807) is 13.2 Å². The summed E-state index contributed by atoms with van der Waals surface area (Å²) < 4.78 is 37.0. The standard InChI is InChI=1S/C29H35N5O5S.Na.H/c1-33-19-24(18-31-33)34(15-7-14-30-29(36)39-20-21-8-3-2-4-9-21)40(37,38)32-28(35)17-27-25-12-5-10-22(25)16-23-11-6-13-26(23)27;;/h2-4,8-9,16,18-19H,5-7,10-15,17,20H2,1H3,(H,30,36)(H,32,35);;. The van der Waals surface area contributed by atoms with Crippen LogP contribution in [0.3, 0.4) is 0 Å². The molecule has 0 atom stereocenters. The second-order valence-electron chi connectivity index (χ2n) is 10.3. The van der Waals surface area contributed by atoms with Crippen LogP contribution in [0.4, 0.5) is 10.5 Å². The average Bonchev–Trinajstić information content (AvgIpc) is 3.68. The first-order valence-corrected chi connectivity index (χ1v) is 15.2. The SMILES string of the molecule is Cn1cc(N(CCCNC(=O)OCc2ccccc2)S(=O)(=O)NC(=O)Cc2c3c(cc4c2CCC4)CCC3)cn1.[NaH]. The molecule has 12 heteroatoms. The van der Waals surface area contributed by atoms with E-state index in [1.807, 2.05) is 30.3 Å². The number of carbonyl (C=O) groups is 2. The number of nitrogens with zero attached hydrogens (tertiary/aromatic N) is 3. The van der Waals surface area contributed by atoms with Gasteiger partial charge in [-0.1, -0.05) is 36.4 Å². The van der Waals surface area contributed by atoms with Gasteiger partial charge in [0, 0.05) is 26.3 Å². The van der Waals surface area contributed by atoms with E-state index in [9.17, 15) is 18.0 Å². The summed E-state index contributed by atoms with van der Waals surface area (Å²) in [7, 11) is -2.53. The molecule has 2 N–H and O–H groups in total. The van der Waals surface area contributed by atoms with E-state index in [-0.39, 0.29) is 55.7 Å². The summed E-state index contributed by atoms with van der Waals surface area (Å²) in [6, 6.07) is 11.6. The van der Waals surface area contributed by atoms with Gasteiger partial charge in [0.1, 0.15) is 6.61 Å². The van der Waals surface area contributed by atoms with Gasteiger partial charge in [-0.15, -0.1) is 0 Å². The number of anilines is 1. The number of benzene rings is 2. The Labute approximate surface area is 263 Å². The number of aromatic nitrogens is 2. The Morgan fingerprint density at radius 2 is 1.73 bits per heavy atom. The molecule has 0 saturated carbocycles. The van der Waals surface area contributed by atoms with Crippen molar-refractivity contribution in [1.29, 1.82) is 0 Å². The van der Waals surface area contributed by atoms with Gasteiger partial charge in [-0.05, 0) is 78.3 Å². The van der Waals surface area contributed by atoms with Crippen molar-refractivity contribution in [2.24, 2.45) is 7.05 Å². The fourth-order valence-electron chi connectivity index (χ4n) is 5.66. The Hall–Kier alpha value is -2.86. The van der Waals surface area contributed by atoms with Crippen LogP contribution < -0.4 is 14.3 Å². The summed E-state index contributed by atoms with van der Waals surface area (Å²) in [4.78, 5) is 25.2. The van der Waals surface area contributed by atoms with Crippen molar-refractivity contribution in [3.05, 3.63) is 82.2 Å². The molecule has 5 rings (SSSR count). The van der Waals surface area contributed by atoms with Gasteiger partial charge in [0.2, 0.25) is 5.91 Å². The van der Waals surface area contributed by atoms with E-state index in [1.165, 1.54) is 33.1 Å². The predicted octanol–water partition coefficient (Wildman–Crippen LogP) is 2.48. The first-order chi connectivity index (χ1) is 19.3. The molecule has 0 saturated heterocycles. The normalized spacial score (nSPS) is 13.6. The summed E-state index contributed by atoms with van der Waals surface area (Å²) >= 11 is 0. The molecule has 2 aliphatic carbocycles. The zero-order chi connectivity index (χ0) is 28.1. The fourth-order valence-corrected chi connectivity index (χ4v) is 6.87. The number of hydrogen-bond donors (Lipinski definition) is 2. The molecule has 2 amide bonds. The van der Waals surface area contributed by atoms with E-state index in [0.717, 1.165) is 54.0 Å². The van der Waals surface area contributed by atoms with Gasteiger partial charge < -0.3 is 10.1 Å². The number of hydrogen-bond acceptors (Lipinski definition) is 6. The van der Waals surface area contributed by atoms with E-state index in [0.29, 0.717) is 12.1 Å². The third kappa shape index (κ3) is 7.71.